The smallest absolute Gasteiger partial charge is 0.165 e. The molecule has 7 heteroatoms. The number of aromatic nitrogens is 2. The molecule has 1 aliphatic carbocycles. The monoisotopic (exact) mass is 367 g/mol. The SMILES string of the molecule is CC/C1=C(Nc2cc(-c3ccc(O)c(F)c3)[nH]n2)/C=C\C2=CC(C1)N2NC. The van der Waals surface area contributed by atoms with E-state index in [2.05, 4.69) is 51.1 Å². The summed E-state index contributed by atoms with van der Waals surface area (Å²) in [6, 6.07) is 6.45. The first-order valence-electron chi connectivity index (χ1n) is 8.99. The number of hydrogen-bond donors (Lipinski definition) is 4. The zero-order chi connectivity index (χ0) is 19.0. The van der Waals surface area contributed by atoms with E-state index in [0.717, 1.165) is 24.2 Å². The van der Waals surface area contributed by atoms with E-state index in [1.54, 1.807) is 6.07 Å². The maximum atomic E-state index is 13.6. The zero-order valence-electron chi connectivity index (χ0n) is 15.3. The van der Waals surface area contributed by atoms with Gasteiger partial charge in [0, 0.05) is 24.4 Å². The van der Waals surface area contributed by atoms with Crippen LogP contribution in [0.15, 0.2) is 59.5 Å². The molecule has 1 aromatic heterocycles. The summed E-state index contributed by atoms with van der Waals surface area (Å²) in [5, 5.41) is 22.1. The number of H-pyrrole nitrogens is 1. The lowest BCUT2D eigenvalue weighted by Crippen LogP contribution is -2.49. The van der Waals surface area contributed by atoms with Crippen molar-refractivity contribution in [3.05, 3.63) is 65.3 Å². The van der Waals surface area contributed by atoms with E-state index >= 15 is 0 Å². The van der Waals surface area contributed by atoms with Crippen LogP contribution in [0.4, 0.5) is 10.2 Å². The first-order valence-corrected chi connectivity index (χ1v) is 8.99. The molecule has 0 radical (unpaired) electrons. The van der Waals surface area contributed by atoms with E-state index in [4.69, 9.17) is 0 Å². The second-order valence-electron chi connectivity index (χ2n) is 6.62. The van der Waals surface area contributed by atoms with Crippen LogP contribution in [0.1, 0.15) is 19.8 Å². The molecule has 27 heavy (non-hydrogen) atoms. The lowest BCUT2D eigenvalue weighted by molar-refractivity contribution is 0.188. The number of nitrogens with zero attached hydrogens (tertiary/aromatic N) is 2. The second-order valence-corrected chi connectivity index (χ2v) is 6.62. The Morgan fingerprint density at radius 1 is 1.33 bits per heavy atom. The number of aromatic amines is 1. The van der Waals surface area contributed by atoms with Crippen molar-refractivity contribution in [3.63, 3.8) is 0 Å². The molecule has 3 heterocycles. The van der Waals surface area contributed by atoms with Gasteiger partial charge in [0.15, 0.2) is 17.4 Å². The standard InChI is InChI=1S/C20H22FN5O/c1-3-12-8-15-10-14(26(15)22-2)5-6-17(12)23-20-11-18(24-25-20)13-4-7-19(27)16(21)9-13/h4-7,9-11,15,22,27H,3,8H2,1-2H3,(H2,23,24,25)/b6-5-,17-12+. The molecule has 0 amide bonds. The highest BCUT2D eigenvalue weighted by molar-refractivity contribution is 5.65. The molecule has 1 aromatic carbocycles. The summed E-state index contributed by atoms with van der Waals surface area (Å²) in [6.45, 7) is 2.15. The van der Waals surface area contributed by atoms with Gasteiger partial charge in [-0.25, -0.2) is 9.82 Å². The van der Waals surface area contributed by atoms with E-state index in [-0.39, 0.29) is 5.75 Å². The highest BCUT2D eigenvalue weighted by Gasteiger charge is 2.29. The minimum absolute atomic E-state index is 0.358. The number of allylic oxidation sites excluding steroid dienone is 2. The van der Waals surface area contributed by atoms with Crippen LogP contribution in [0, 0.1) is 5.82 Å². The topological polar surface area (TPSA) is 76.2 Å². The lowest BCUT2D eigenvalue weighted by Gasteiger charge is -2.41. The molecule has 5 rings (SSSR count). The Bertz CT molecular complexity index is 959. The third kappa shape index (κ3) is 3.21. The molecule has 2 aliphatic heterocycles. The maximum Gasteiger partial charge on any atom is 0.165 e. The van der Waals surface area contributed by atoms with Crippen LogP contribution in [0.2, 0.25) is 0 Å². The average molecular weight is 367 g/mol. The number of hydrazine groups is 1. The molecule has 2 bridgehead atoms. The fraction of sp³-hybridized carbons (Fsp3) is 0.250. The molecule has 1 unspecified atom stereocenters. The molecule has 3 aliphatic rings. The van der Waals surface area contributed by atoms with E-state index in [1.165, 1.54) is 17.7 Å². The fourth-order valence-electron chi connectivity index (χ4n) is 3.50. The summed E-state index contributed by atoms with van der Waals surface area (Å²) in [6.07, 6.45) is 8.27. The van der Waals surface area contributed by atoms with Gasteiger partial charge in [-0.05, 0) is 54.8 Å². The minimum Gasteiger partial charge on any atom is -0.505 e. The van der Waals surface area contributed by atoms with Crippen molar-refractivity contribution in [2.75, 3.05) is 12.4 Å². The normalized spacial score (nSPS) is 22.6. The first kappa shape index (κ1) is 17.4. The molecule has 6 nitrogen and oxygen atoms in total. The van der Waals surface area contributed by atoms with Gasteiger partial charge in [0.2, 0.25) is 0 Å². The van der Waals surface area contributed by atoms with Crippen LogP contribution in [0.5, 0.6) is 5.75 Å². The van der Waals surface area contributed by atoms with Crippen LogP contribution < -0.4 is 10.7 Å². The number of fused-ring (bicyclic) bond motifs is 2. The molecule has 0 saturated carbocycles. The van der Waals surface area contributed by atoms with Crippen LogP contribution in [-0.2, 0) is 0 Å². The lowest BCUT2D eigenvalue weighted by atomic mass is 9.93. The number of halogens is 1. The Morgan fingerprint density at radius 2 is 2.19 bits per heavy atom. The van der Waals surface area contributed by atoms with E-state index in [1.807, 2.05) is 13.1 Å². The van der Waals surface area contributed by atoms with Crippen molar-refractivity contribution in [3.8, 4) is 17.0 Å². The quantitative estimate of drug-likeness (QED) is 0.649. The average Bonchev–Trinajstić information content (AvgIpc) is 3.08. The van der Waals surface area contributed by atoms with Crippen LogP contribution >= 0.6 is 0 Å². The zero-order valence-corrected chi connectivity index (χ0v) is 15.3. The van der Waals surface area contributed by atoms with Crippen molar-refractivity contribution in [1.29, 1.82) is 0 Å². The molecule has 1 atom stereocenters. The van der Waals surface area contributed by atoms with E-state index < -0.39 is 5.82 Å². The van der Waals surface area contributed by atoms with Crippen LogP contribution in [0.3, 0.4) is 0 Å². The summed E-state index contributed by atoms with van der Waals surface area (Å²) in [7, 11) is 1.93. The molecule has 2 aromatic rings. The number of phenols is 1. The van der Waals surface area contributed by atoms with Crippen molar-refractivity contribution < 1.29 is 9.50 Å². The Labute approximate surface area is 157 Å². The van der Waals surface area contributed by atoms with Gasteiger partial charge in [0.1, 0.15) is 0 Å². The van der Waals surface area contributed by atoms with Gasteiger partial charge in [-0.2, -0.15) is 5.10 Å². The highest BCUT2D eigenvalue weighted by atomic mass is 19.1. The predicted octanol–water partition coefficient (Wildman–Crippen LogP) is 3.66. The van der Waals surface area contributed by atoms with Crippen LogP contribution in [-0.4, -0.2) is 33.4 Å². The van der Waals surface area contributed by atoms with Gasteiger partial charge in [-0.15, -0.1) is 0 Å². The maximum absolute atomic E-state index is 13.6. The van der Waals surface area contributed by atoms with Gasteiger partial charge < -0.3 is 15.4 Å². The van der Waals surface area contributed by atoms with E-state index in [0.29, 0.717) is 23.1 Å². The summed E-state index contributed by atoms with van der Waals surface area (Å²) in [4.78, 5) is 0. The number of rotatable bonds is 5. The predicted molar refractivity (Wildman–Crippen MR) is 103 cm³/mol. The number of phenolic OH excluding ortho intramolecular Hbond substituents is 1. The first-order chi connectivity index (χ1) is 13.1. The van der Waals surface area contributed by atoms with Gasteiger partial charge in [0.05, 0.1) is 17.4 Å². The van der Waals surface area contributed by atoms with Crippen LogP contribution in [0.25, 0.3) is 11.3 Å². The Kier molecular flexibility index (Phi) is 4.45. The second kappa shape index (κ2) is 6.92. The molecule has 0 saturated heterocycles. The van der Waals surface area contributed by atoms with Crippen molar-refractivity contribution in [2.24, 2.45) is 0 Å². The molecule has 0 fully saturated rings. The highest BCUT2D eigenvalue weighted by Crippen LogP contribution is 2.32. The molecular weight excluding hydrogens is 345 g/mol. The van der Waals surface area contributed by atoms with E-state index in [9.17, 15) is 9.50 Å². The Hall–Kier alpha value is -3.06. The van der Waals surface area contributed by atoms with Gasteiger partial charge in [0.25, 0.3) is 0 Å². The van der Waals surface area contributed by atoms with Crippen molar-refractivity contribution in [2.45, 2.75) is 25.8 Å². The van der Waals surface area contributed by atoms with Gasteiger partial charge in [-0.1, -0.05) is 6.92 Å². The van der Waals surface area contributed by atoms with Gasteiger partial charge >= 0.3 is 0 Å². The number of hydrogen-bond acceptors (Lipinski definition) is 5. The Balaban J connectivity index is 1.57. The third-order valence-electron chi connectivity index (χ3n) is 5.00. The number of aromatic hydroxyl groups is 1. The largest absolute Gasteiger partial charge is 0.505 e. The van der Waals surface area contributed by atoms with Gasteiger partial charge in [-0.3, -0.25) is 5.10 Å². The minimum atomic E-state index is -0.655. The van der Waals surface area contributed by atoms with Crippen molar-refractivity contribution in [1.82, 2.24) is 20.6 Å². The molecule has 140 valence electrons. The number of anilines is 1. The number of nitrogens with one attached hydrogen (secondary N) is 3. The summed E-state index contributed by atoms with van der Waals surface area (Å²) < 4.78 is 13.6. The third-order valence-corrected chi connectivity index (χ3v) is 5.00. The summed E-state index contributed by atoms with van der Waals surface area (Å²) in [5.74, 6) is -0.354. The Morgan fingerprint density at radius 3 is 2.93 bits per heavy atom. The summed E-state index contributed by atoms with van der Waals surface area (Å²) >= 11 is 0. The summed E-state index contributed by atoms with van der Waals surface area (Å²) in [5.41, 5.74) is 8.02. The van der Waals surface area contributed by atoms with Crippen molar-refractivity contribution >= 4 is 5.82 Å². The molecular formula is C20H22FN5O. The fourth-order valence-corrected chi connectivity index (χ4v) is 3.50. The number of benzene rings is 1. The molecule has 0 spiro atoms. The molecule has 4 N–H and O–H groups in total.